The Morgan fingerprint density at radius 1 is 1.33 bits per heavy atom. The Morgan fingerprint density at radius 3 is 2.76 bits per heavy atom. The smallest absolute Gasteiger partial charge is 0.253 e. The molecule has 4 heteroatoms. The molecule has 114 valence electrons. The van der Waals surface area contributed by atoms with Gasteiger partial charge in [0.25, 0.3) is 5.91 Å². The molecule has 1 aromatic carbocycles. The van der Waals surface area contributed by atoms with E-state index < -0.39 is 0 Å². The zero-order valence-electron chi connectivity index (χ0n) is 13.2. The summed E-state index contributed by atoms with van der Waals surface area (Å²) in [4.78, 5) is 16.3. The normalized spacial score (nSPS) is 25.9. The molecule has 1 heterocycles. The number of amides is 1. The van der Waals surface area contributed by atoms with Gasteiger partial charge in [0, 0.05) is 50.0 Å². The van der Waals surface area contributed by atoms with Crippen LogP contribution >= 0.6 is 0 Å². The van der Waals surface area contributed by atoms with Crippen molar-refractivity contribution in [3.05, 3.63) is 29.8 Å². The van der Waals surface area contributed by atoms with Gasteiger partial charge in [-0.1, -0.05) is 6.07 Å². The van der Waals surface area contributed by atoms with Gasteiger partial charge in [0.15, 0.2) is 0 Å². The summed E-state index contributed by atoms with van der Waals surface area (Å²) in [5.41, 5.74) is 1.80. The molecule has 3 rings (SSSR count). The molecule has 4 nitrogen and oxygen atoms in total. The minimum absolute atomic E-state index is 0.0537. The molecular weight excluding hydrogens is 262 g/mol. The number of nitrogens with one attached hydrogen (secondary N) is 1. The maximum atomic E-state index is 12.0. The van der Waals surface area contributed by atoms with Gasteiger partial charge in [0.1, 0.15) is 0 Å². The van der Waals surface area contributed by atoms with Crippen LogP contribution in [0.3, 0.4) is 0 Å². The number of benzene rings is 1. The highest BCUT2D eigenvalue weighted by atomic mass is 16.2. The Labute approximate surface area is 127 Å². The molecule has 1 amide bonds. The number of hydrogen-bond donors (Lipinski definition) is 1. The molecule has 21 heavy (non-hydrogen) atoms. The van der Waals surface area contributed by atoms with Gasteiger partial charge < -0.3 is 10.2 Å². The fourth-order valence-electron chi connectivity index (χ4n) is 3.31. The maximum absolute atomic E-state index is 12.0. The molecule has 1 aromatic rings. The van der Waals surface area contributed by atoms with Crippen LogP contribution in [0.1, 0.15) is 36.5 Å². The largest absolute Gasteiger partial charge is 0.381 e. The van der Waals surface area contributed by atoms with E-state index in [9.17, 15) is 4.79 Å². The number of nitrogens with zero attached hydrogens (tertiary/aromatic N) is 2. The first-order valence-electron chi connectivity index (χ1n) is 7.88. The van der Waals surface area contributed by atoms with Crippen molar-refractivity contribution in [2.24, 2.45) is 0 Å². The lowest BCUT2D eigenvalue weighted by molar-refractivity contribution is 0.0827. The van der Waals surface area contributed by atoms with Gasteiger partial charge in [0.2, 0.25) is 0 Å². The first kappa shape index (κ1) is 14.4. The second kappa shape index (κ2) is 5.68. The third kappa shape index (κ3) is 3.21. The SMILES string of the molecule is CC1CC(Nc2cccc(C(=O)N(C)C)c2)CN1C1CC1. The second-order valence-corrected chi connectivity index (χ2v) is 6.63. The van der Waals surface area contributed by atoms with E-state index in [1.165, 1.54) is 19.3 Å². The molecule has 0 spiro atoms. The predicted octanol–water partition coefficient (Wildman–Crippen LogP) is 2.43. The number of rotatable bonds is 4. The van der Waals surface area contributed by atoms with Gasteiger partial charge in [-0.15, -0.1) is 0 Å². The summed E-state index contributed by atoms with van der Waals surface area (Å²) in [5, 5.41) is 3.61. The maximum Gasteiger partial charge on any atom is 0.253 e. The van der Waals surface area contributed by atoms with Crippen LogP contribution in [0.2, 0.25) is 0 Å². The van der Waals surface area contributed by atoms with Crippen molar-refractivity contribution in [2.45, 2.75) is 44.3 Å². The minimum Gasteiger partial charge on any atom is -0.381 e. The third-order valence-electron chi connectivity index (χ3n) is 4.53. The van der Waals surface area contributed by atoms with Crippen LogP contribution in [0.25, 0.3) is 0 Å². The van der Waals surface area contributed by atoms with E-state index in [0.29, 0.717) is 12.1 Å². The average Bonchev–Trinajstić information content (AvgIpc) is 3.23. The second-order valence-electron chi connectivity index (χ2n) is 6.63. The fourth-order valence-corrected chi connectivity index (χ4v) is 3.31. The van der Waals surface area contributed by atoms with Crippen molar-refractivity contribution >= 4 is 11.6 Å². The van der Waals surface area contributed by atoms with E-state index in [1.54, 1.807) is 19.0 Å². The van der Waals surface area contributed by atoms with E-state index >= 15 is 0 Å². The van der Waals surface area contributed by atoms with Gasteiger partial charge >= 0.3 is 0 Å². The highest BCUT2D eigenvalue weighted by Crippen LogP contribution is 2.34. The van der Waals surface area contributed by atoms with E-state index in [1.807, 2.05) is 18.2 Å². The molecule has 1 aliphatic carbocycles. The summed E-state index contributed by atoms with van der Waals surface area (Å²) in [6, 6.07) is 9.83. The van der Waals surface area contributed by atoms with E-state index in [-0.39, 0.29) is 5.91 Å². The molecule has 0 bridgehead atoms. The minimum atomic E-state index is 0.0537. The zero-order valence-corrected chi connectivity index (χ0v) is 13.2. The molecule has 0 aromatic heterocycles. The van der Waals surface area contributed by atoms with E-state index in [2.05, 4.69) is 23.2 Å². The monoisotopic (exact) mass is 287 g/mol. The van der Waals surface area contributed by atoms with Crippen LogP contribution in [0, 0.1) is 0 Å². The molecule has 1 saturated heterocycles. The van der Waals surface area contributed by atoms with Crippen molar-refractivity contribution in [3.8, 4) is 0 Å². The predicted molar refractivity (Wildman–Crippen MR) is 85.7 cm³/mol. The van der Waals surface area contributed by atoms with Crippen LogP contribution in [0.15, 0.2) is 24.3 Å². The Kier molecular flexibility index (Phi) is 3.89. The van der Waals surface area contributed by atoms with E-state index in [4.69, 9.17) is 0 Å². The Hall–Kier alpha value is -1.55. The van der Waals surface area contributed by atoms with Gasteiger partial charge in [-0.25, -0.2) is 0 Å². The highest BCUT2D eigenvalue weighted by Gasteiger charge is 2.38. The van der Waals surface area contributed by atoms with Gasteiger partial charge in [-0.05, 0) is 44.4 Å². The third-order valence-corrected chi connectivity index (χ3v) is 4.53. The fraction of sp³-hybridized carbons (Fsp3) is 0.588. The molecule has 1 saturated carbocycles. The number of hydrogen-bond acceptors (Lipinski definition) is 3. The highest BCUT2D eigenvalue weighted by molar-refractivity contribution is 5.94. The van der Waals surface area contributed by atoms with E-state index in [0.717, 1.165) is 23.8 Å². The molecule has 1 N–H and O–H groups in total. The van der Waals surface area contributed by atoms with Gasteiger partial charge in [-0.2, -0.15) is 0 Å². The first-order valence-corrected chi connectivity index (χ1v) is 7.88. The van der Waals surface area contributed by atoms with Crippen LogP contribution in [-0.2, 0) is 0 Å². The van der Waals surface area contributed by atoms with Crippen LogP contribution in [0.5, 0.6) is 0 Å². The lowest BCUT2D eigenvalue weighted by Crippen LogP contribution is -2.31. The van der Waals surface area contributed by atoms with Crippen LogP contribution < -0.4 is 5.32 Å². The average molecular weight is 287 g/mol. The van der Waals surface area contributed by atoms with Crippen molar-refractivity contribution in [1.82, 2.24) is 9.80 Å². The summed E-state index contributed by atoms with van der Waals surface area (Å²) in [7, 11) is 3.57. The van der Waals surface area contributed by atoms with Crippen LogP contribution in [0.4, 0.5) is 5.69 Å². The topological polar surface area (TPSA) is 35.6 Å². The van der Waals surface area contributed by atoms with Gasteiger partial charge in [-0.3, -0.25) is 9.69 Å². The van der Waals surface area contributed by atoms with Gasteiger partial charge in [0.05, 0.1) is 0 Å². The van der Waals surface area contributed by atoms with Crippen LogP contribution in [-0.4, -0.2) is 54.5 Å². The summed E-state index contributed by atoms with van der Waals surface area (Å²) in [6.07, 6.45) is 3.91. The Morgan fingerprint density at radius 2 is 2.10 bits per heavy atom. The first-order chi connectivity index (χ1) is 10.0. The number of likely N-dealkylation sites (tertiary alicyclic amines) is 1. The zero-order chi connectivity index (χ0) is 15.0. The number of carbonyl (C=O) groups excluding carboxylic acids is 1. The molecule has 2 fully saturated rings. The lowest BCUT2D eigenvalue weighted by Gasteiger charge is -2.20. The number of carbonyl (C=O) groups is 1. The molecule has 2 unspecified atom stereocenters. The van der Waals surface area contributed by atoms with Crippen molar-refractivity contribution in [1.29, 1.82) is 0 Å². The standard InChI is InChI=1S/C17H25N3O/c1-12-9-15(11-20(12)16-7-8-16)18-14-6-4-5-13(10-14)17(21)19(2)3/h4-6,10,12,15-16,18H,7-9,11H2,1-3H3. The summed E-state index contributed by atoms with van der Waals surface area (Å²) >= 11 is 0. The molecular formula is C17H25N3O. The molecule has 0 radical (unpaired) electrons. The summed E-state index contributed by atoms with van der Waals surface area (Å²) in [5.74, 6) is 0.0537. The van der Waals surface area contributed by atoms with Crippen molar-refractivity contribution in [3.63, 3.8) is 0 Å². The summed E-state index contributed by atoms with van der Waals surface area (Å²) in [6.45, 7) is 3.45. The quantitative estimate of drug-likeness (QED) is 0.924. The molecule has 2 aliphatic rings. The molecule has 2 atom stereocenters. The lowest BCUT2D eigenvalue weighted by atomic mass is 10.1. The summed E-state index contributed by atoms with van der Waals surface area (Å²) < 4.78 is 0. The van der Waals surface area contributed by atoms with Crippen molar-refractivity contribution in [2.75, 3.05) is 26.0 Å². The number of anilines is 1. The molecule has 1 aliphatic heterocycles. The van der Waals surface area contributed by atoms with Crippen molar-refractivity contribution < 1.29 is 4.79 Å². The Bertz CT molecular complexity index is 525. The Balaban J connectivity index is 1.65.